The van der Waals surface area contributed by atoms with Gasteiger partial charge in [0.15, 0.2) is 17.2 Å². The van der Waals surface area contributed by atoms with E-state index >= 15 is 0 Å². The molecule has 2 aliphatic rings. The van der Waals surface area contributed by atoms with E-state index in [2.05, 4.69) is 31.0 Å². The van der Waals surface area contributed by atoms with Crippen LogP contribution < -0.4 is 16.0 Å². The van der Waals surface area contributed by atoms with Crippen molar-refractivity contribution in [2.24, 2.45) is 5.92 Å². The number of nitrogens with one attached hydrogen (secondary N) is 3. The molecular formula is C35H44N6O7. The van der Waals surface area contributed by atoms with Crippen LogP contribution in [0.25, 0.3) is 0 Å². The van der Waals surface area contributed by atoms with Crippen molar-refractivity contribution < 1.29 is 33.2 Å². The monoisotopic (exact) mass is 660 g/mol. The Kier molecular flexibility index (Phi) is 11.7. The fourth-order valence-corrected chi connectivity index (χ4v) is 5.60. The van der Waals surface area contributed by atoms with Crippen molar-refractivity contribution in [2.75, 3.05) is 32.9 Å². The maximum atomic E-state index is 14.0. The van der Waals surface area contributed by atoms with E-state index in [1.54, 1.807) is 37.5 Å². The van der Waals surface area contributed by atoms with Crippen LogP contribution in [0, 0.1) is 5.92 Å². The Morgan fingerprint density at radius 2 is 1.48 bits per heavy atom. The number of morpholine rings is 1. The predicted octanol–water partition coefficient (Wildman–Crippen LogP) is 1.86. The summed E-state index contributed by atoms with van der Waals surface area (Å²) in [6, 6.07) is 11.4. The third-order valence-electron chi connectivity index (χ3n) is 8.44. The molecule has 0 aliphatic carbocycles. The molecule has 2 aromatic heterocycles. The maximum Gasteiger partial charge on any atom is 0.274 e. The average molecular weight is 661 g/mol. The number of hydrogen-bond acceptors (Lipinski definition) is 10. The second kappa shape index (κ2) is 16.1. The lowest BCUT2D eigenvalue weighted by Gasteiger charge is -2.26. The van der Waals surface area contributed by atoms with Gasteiger partial charge >= 0.3 is 0 Å². The second-order valence-electron chi connectivity index (χ2n) is 13.0. The average Bonchev–Trinajstić information content (AvgIpc) is 3.66. The number of ether oxygens (including phenoxy) is 2. The van der Waals surface area contributed by atoms with Crippen molar-refractivity contribution in [1.82, 2.24) is 31.0 Å². The van der Waals surface area contributed by atoms with Gasteiger partial charge in [-0.1, -0.05) is 49.3 Å². The van der Waals surface area contributed by atoms with Crippen LogP contribution in [0.5, 0.6) is 0 Å². The summed E-state index contributed by atoms with van der Waals surface area (Å²) in [4.78, 5) is 60.7. The van der Waals surface area contributed by atoms with E-state index in [9.17, 15) is 19.2 Å². The van der Waals surface area contributed by atoms with E-state index in [1.165, 1.54) is 0 Å². The quantitative estimate of drug-likeness (QED) is 0.193. The molecule has 3 N–H and O–H groups in total. The van der Waals surface area contributed by atoms with Crippen LogP contribution in [-0.2, 0) is 43.2 Å². The van der Waals surface area contributed by atoms with Crippen LogP contribution in [0.3, 0.4) is 0 Å². The molecule has 1 aromatic carbocycles. The van der Waals surface area contributed by atoms with Crippen LogP contribution in [-0.4, -0.2) is 95.2 Å². The first-order chi connectivity index (χ1) is 23.1. The first-order valence-corrected chi connectivity index (χ1v) is 16.4. The van der Waals surface area contributed by atoms with Crippen molar-refractivity contribution in [3.63, 3.8) is 0 Å². The molecular weight excluding hydrogens is 616 g/mol. The van der Waals surface area contributed by atoms with Crippen molar-refractivity contribution in [1.29, 1.82) is 0 Å². The first kappa shape index (κ1) is 34.9. The summed E-state index contributed by atoms with van der Waals surface area (Å²) in [6.07, 6.45) is 3.91. The van der Waals surface area contributed by atoms with E-state index in [0.29, 0.717) is 38.5 Å². The van der Waals surface area contributed by atoms with E-state index in [-0.39, 0.29) is 30.2 Å². The van der Waals surface area contributed by atoms with Crippen molar-refractivity contribution in [2.45, 2.75) is 70.3 Å². The van der Waals surface area contributed by atoms with Gasteiger partial charge in [0.05, 0.1) is 32.4 Å². The number of carbonyl (C=O) groups is 4. The molecule has 2 saturated heterocycles. The summed E-state index contributed by atoms with van der Waals surface area (Å²) in [5.74, 6) is -1.23. The van der Waals surface area contributed by atoms with Crippen LogP contribution in [0.4, 0.5) is 0 Å². The summed E-state index contributed by atoms with van der Waals surface area (Å²) in [7, 11) is 0. The maximum absolute atomic E-state index is 14.0. The zero-order valence-electron chi connectivity index (χ0n) is 27.6. The number of nitrogens with zero attached hydrogens (tertiary/aromatic N) is 3. The lowest BCUT2D eigenvalue weighted by molar-refractivity contribution is -0.133. The minimum atomic E-state index is -1.07. The minimum absolute atomic E-state index is 0.0372. The number of hydrogen-bond donors (Lipinski definition) is 3. The molecule has 0 unspecified atom stereocenters. The summed E-state index contributed by atoms with van der Waals surface area (Å²) in [5, 5.41) is 12.5. The fraction of sp³-hybridized carbons (Fsp3) is 0.486. The van der Waals surface area contributed by atoms with Crippen molar-refractivity contribution >= 4 is 23.5 Å². The Balaban J connectivity index is 1.33. The Morgan fingerprint density at radius 1 is 0.875 bits per heavy atom. The summed E-state index contributed by atoms with van der Waals surface area (Å²) in [5.41, 5.74) is 0.680. The fourth-order valence-electron chi connectivity index (χ4n) is 5.60. The van der Waals surface area contributed by atoms with Gasteiger partial charge in [0.1, 0.15) is 17.7 Å². The Bertz CT molecular complexity index is 1540. The summed E-state index contributed by atoms with van der Waals surface area (Å²) >= 11 is 0. The molecule has 0 saturated carbocycles. The van der Waals surface area contributed by atoms with E-state index in [0.717, 1.165) is 24.2 Å². The molecule has 13 nitrogen and oxygen atoms in total. The van der Waals surface area contributed by atoms with Crippen molar-refractivity contribution in [3.05, 3.63) is 83.5 Å². The Hall–Kier alpha value is -4.46. The van der Waals surface area contributed by atoms with Gasteiger partial charge in [0, 0.05) is 44.4 Å². The van der Waals surface area contributed by atoms with E-state index in [4.69, 9.17) is 14.0 Å². The van der Waals surface area contributed by atoms with Crippen LogP contribution in [0.2, 0.25) is 0 Å². The van der Waals surface area contributed by atoms with Gasteiger partial charge in [-0.15, -0.1) is 0 Å². The molecule has 2 aliphatic heterocycles. The molecule has 5 rings (SSSR count). The number of aromatic nitrogens is 2. The highest BCUT2D eigenvalue weighted by Crippen LogP contribution is 2.29. The molecule has 256 valence electrons. The highest BCUT2D eigenvalue weighted by molar-refractivity contribution is 5.99. The van der Waals surface area contributed by atoms with E-state index < -0.39 is 41.4 Å². The van der Waals surface area contributed by atoms with Crippen LogP contribution in [0.1, 0.15) is 54.6 Å². The number of carbonyl (C=O) groups excluding carboxylic acids is 4. The van der Waals surface area contributed by atoms with Gasteiger partial charge in [-0.2, -0.15) is 0 Å². The van der Waals surface area contributed by atoms with Gasteiger partial charge in [0.25, 0.3) is 5.91 Å². The Morgan fingerprint density at radius 3 is 2.10 bits per heavy atom. The highest BCUT2D eigenvalue weighted by atomic mass is 16.6. The number of benzene rings is 1. The number of Topliss-reactive ketones (excluding diaryl/α,β-unsaturated/α-hetero) is 1. The third-order valence-corrected chi connectivity index (χ3v) is 8.44. The largest absolute Gasteiger partial charge is 0.379 e. The standard InChI is InChI=1S/C35H44N6O7/c1-23(2)17-27(31(42)35(3)22-47-35)37-32(43)28(18-24-7-5-4-6-8-24)38-33(44)29(19-25-9-11-36-12-10-25)39-34(45)30-20-26(48-40-30)21-41-13-15-46-16-14-41/h4-12,20,23,27-29H,13-19,21-22H2,1-3H3,(H,37,43)(H,38,44)(H,39,45)/t27-,28-,29-,35-/m0/s1. The zero-order valence-corrected chi connectivity index (χ0v) is 27.6. The molecule has 3 aromatic rings. The molecule has 0 bridgehead atoms. The summed E-state index contributed by atoms with van der Waals surface area (Å²) < 4.78 is 16.2. The third kappa shape index (κ3) is 9.78. The molecule has 13 heteroatoms. The Labute approximate surface area is 280 Å². The van der Waals surface area contributed by atoms with Crippen LogP contribution in [0.15, 0.2) is 65.4 Å². The van der Waals surface area contributed by atoms with Gasteiger partial charge < -0.3 is 29.9 Å². The molecule has 48 heavy (non-hydrogen) atoms. The van der Waals surface area contributed by atoms with E-state index in [1.807, 2.05) is 44.2 Å². The van der Waals surface area contributed by atoms with Crippen molar-refractivity contribution in [3.8, 4) is 0 Å². The van der Waals surface area contributed by atoms with Gasteiger partial charge in [-0.3, -0.25) is 29.1 Å². The zero-order chi connectivity index (χ0) is 34.1. The van der Waals surface area contributed by atoms with Gasteiger partial charge in [-0.25, -0.2) is 0 Å². The lowest BCUT2D eigenvalue weighted by atomic mass is 9.93. The second-order valence-corrected chi connectivity index (χ2v) is 13.0. The number of amides is 3. The number of pyridine rings is 1. The topological polar surface area (TPSA) is 168 Å². The molecule has 0 radical (unpaired) electrons. The number of ketones is 1. The van der Waals surface area contributed by atoms with Crippen LogP contribution >= 0.6 is 0 Å². The number of epoxide rings is 1. The summed E-state index contributed by atoms with van der Waals surface area (Å²) in [6.45, 7) is 9.17. The smallest absolute Gasteiger partial charge is 0.274 e. The normalized spacial score (nSPS) is 19.6. The van der Waals surface area contributed by atoms with Gasteiger partial charge in [0.2, 0.25) is 11.8 Å². The molecule has 4 heterocycles. The van der Waals surface area contributed by atoms with Gasteiger partial charge in [-0.05, 0) is 42.5 Å². The predicted molar refractivity (Wildman–Crippen MR) is 175 cm³/mol. The molecule has 0 spiro atoms. The molecule has 3 amide bonds. The molecule has 2 fully saturated rings. The lowest BCUT2D eigenvalue weighted by Crippen LogP contribution is -2.57. The highest BCUT2D eigenvalue weighted by Gasteiger charge is 2.50. The number of rotatable bonds is 16. The minimum Gasteiger partial charge on any atom is -0.379 e. The molecule has 4 atom stereocenters. The SMILES string of the molecule is CC(C)C[C@H](NC(=O)[C@H](Cc1ccccc1)NC(=O)[C@H](Cc1ccncc1)NC(=O)c1cc(CN2CCOCC2)on1)C(=O)[C@]1(C)CO1. The first-order valence-electron chi connectivity index (χ1n) is 16.4.